The van der Waals surface area contributed by atoms with Gasteiger partial charge < -0.3 is 0 Å². The number of allylic oxidation sites excluding steroid dienone is 4. The second-order valence-electron chi connectivity index (χ2n) is 15.2. The molecule has 0 bridgehead atoms. The zero-order valence-electron chi connectivity index (χ0n) is 25.2. The normalized spacial score (nSPS) is 16.2. The van der Waals surface area contributed by atoms with E-state index in [-0.39, 0.29) is 21.7 Å². The lowest BCUT2D eigenvalue weighted by Crippen LogP contribution is -2.24. The van der Waals surface area contributed by atoms with E-state index in [1.807, 2.05) is 0 Å². The average Bonchev–Trinajstić information content (AvgIpc) is 3.36. The quantitative estimate of drug-likeness (QED) is 0.339. The largest absolute Gasteiger partial charge is 0.0767 e. The van der Waals surface area contributed by atoms with Crippen molar-refractivity contribution in [2.75, 3.05) is 0 Å². The molecule has 0 amide bonds. The third kappa shape index (κ3) is 4.90. The molecule has 0 saturated carbocycles. The maximum absolute atomic E-state index is 2.55. The molecule has 0 radical (unpaired) electrons. The van der Waals surface area contributed by atoms with Gasteiger partial charge in [-0.2, -0.15) is 0 Å². The molecule has 2 aliphatic carbocycles. The molecule has 0 spiro atoms. The predicted molar refractivity (Wildman–Crippen MR) is 159 cm³/mol. The lowest BCUT2D eigenvalue weighted by Gasteiger charge is -2.33. The Morgan fingerprint density at radius 2 is 1.36 bits per heavy atom. The monoisotopic (exact) mass is 482 g/mol. The van der Waals surface area contributed by atoms with Crippen LogP contribution in [0.4, 0.5) is 0 Å². The average molecular weight is 483 g/mol. The molecule has 36 heavy (non-hydrogen) atoms. The minimum absolute atomic E-state index is 0.00754. The van der Waals surface area contributed by atoms with Crippen LogP contribution in [0.5, 0.6) is 0 Å². The second-order valence-corrected chi connectivity index (χ2v) is 15.2. The maximum atomic E-state index is 2.55. The van der Waals surface area contributed by atoms with Crippen LogP contribution < -0.4 is 0 Å². The Balaban J connectivity index is 1.84. The highest BCUT2D eigenvalue weighted by Crippen LogP contribution is 2.49. The molecule has 0 nitrogen and oxygen atoms in total. The van der Waals surface area contributed by atoms with Crippen molar-refractivity contribution in [2.45, 2.75) is 119 Å². The Bertz CT molecular complexity index is 1230. The van der Waals surface area contributed by atoms with Gasteiger partial charge in [-0.05, 0) is 85.9 Å². The van der Waals surface area contributed by atoms with Crippen LogP contribution in [-0.4, -0.2) is 0 Å². The number of fused-ring (bicyclic) bond motifs is 3. The SMILES string of the molecule is CC(C)CC(C)(C)C1=CCC(C(C)(C)c2cc(C(C)(C)C)cc3c2Cc2ccc(C(C)(C)C)cc2-3)=C1. The van der Waals surface area contributed by atoms with Crippen LogP contribution in [-0.2, 0) is 22.7 Å². The van der Waals surface area contributed by atoms with Crippen LogP contribution in [0, 0.1) is 11.3 Å². The van der Waals surface area contributed by atoms with Gasteiger partial charge >= 0.3 is 0 Å². The molecule has 2 aromatic rings. The van der Waals surface area contributed by atoms with Crippen molar-refractivity contribution in [1.29, 1.82) is 0 Å². The molecule has 0 heteroatoms. The fraction of sp³-hybridized carbons (Fsp3) is 0.556. The first-order valence-electron chi connectivity index (χ1n) is 14.1. The molecule has 4 rings (SSSR count). The van der Waals surface area contributed by atoms with Crippen LogP contribution in [0.1, 0.15) is 124 Å². The van der Waals surface area contributed by atoms with Crippen LogP contribution >= 0.6 is 0 Å². The van der Waals surface area contributed by atoms with Gasteiger partial charge in [-0.3, -0.25) is 0 Å². The Hall–Kier alpha value is -2.08. The summed E-state index contributed by atoms with van der Waals surface area (Å²) in [5.41, 5.74) is 13.9. The predicted octanol–water partition coefficient (Wildman–Crippen LogP) is 10.5. The van der Waals surface area contributed by atoms with Crippen LogP contribution in [0.15, 0.2) is 53.6 Å². The summed E-state index contributed by atoms with van der Waals surface area (Å²) in [5, 5.41) is 0. The van der Waals surface area contributed by atoms with Gasteiger partial charge in [0.25, 0.3) is 0 Å². The van der Waals surface area contributed by atoms with E-state index in [1.165, 1.54) is 45.4 Å². The summed E-state index contributed by atoms with van der Waals surface area (Å²) >= 11 is 0. The molecule has 0 aromatic heterocycles. The van der Waals surface area contributed by atoms with Gasteiger partial charge in [0.1, 0.15) is 0 Å². The Morgan fingerprint density at radius 1 is 0.750 bits per heavy atom. The van der Waals surface area contributed by atoms with Gasteiger partial charge in [-0.25, -0.2) is 0 Å². The molecule has 0 N–H and O–H groups in total. The summed E-state index contributed by atoms with van der Waals surface area (Å²) in [6, 6.07) is 12.3. The van der Waals surface area contributed by atoms with Gasteiger partial charge in [0.2, 0.25) is 0 Å². The molecule has 2 aromatic carbocycles. The Morgan fingerprint density at radius 3 is 1.94 bits per heavy atom. The summed E-state index contributed by atoms with van der Waals surface area (Å²) in [6.07, 6.45) is 8.41. The topological polar surface area (TPSA) is 0 Å². The number of benzene rings is 2. The summed E-state index contributed by atoms with van der Waals surface area (Å²) in [5.74, 6) is 0.703. The minimum atomic E-state index is -0.00754. The van der Waals surface area contributed by atoms with Crippen molar-refractivity contribution in [3.8, 4) is 11.1 Å². The first-order valence-corrected chi connectivity index (χ1v) is 14.1. The Labute approximate surface area is 222 Å². The van der Waals surface area contributed by atoms with Gasteiger partial charge in [-0.15, -0.1) is 0 Å². The van der Waals surface area contributed by atoms with Crippen molar-refractivity contribution in [1.82, 2.24) is 0 Å². The molecule has 194 valence electrons. The van der Waals surface area contributed by atoms with E-state index in [9.17, 15) is 0 Å². The lowest BCUT2D eigenvalue weighted by atomic mass is 9.71. The fourth-order valence-corrected chi connectivity index (χ4v) is 6.48. The highest BCUT2D eigenvalue weighted by molar-refractivity contribution is 5.80. The molecular weight excluding hydrogens is 432 g/mol. The van der Waals surface area contributed by atoms with Gasteiger partial charge in [0.05, 0.1) is 0 Å². The van der Waals surface area contributed by atoms with E-state index < -0.39 is 0 Å². The van der Waals surface area contributed by atoms with E-state index in [1.54, 1.807) is 11.1 Å². The van der Waals surface area contributed by atoms with Gasteiger partial charge in [0, 0.05) is 5.41 Å². The van der Waals surface area contributed by atoms with E-state index in [0.717, 1.165) is 12.8 Å². The standard InChI is InChI=1S/C36H50/c1-23(2)22-35(9,10)26-15-16-27(18-26)36(11,12)32-21-28(34(6,7)8)20-30-29-19-25(33(3,4)5)14-13-24(29)17-31(30)32/h13-15,18-21,23H,16-17,22H2,1-12H3. The third-order valence-electron chi connectivity index (χ3n) is 8.80. The van der Waals surface area contributed by atoms with E-state index in [0.29, 0.717) is 5.92 Å². The van der Waals surface area contributed by atoms with E-state index in [2.05, 4.69) is 126 Å². The minimum Gasteiger partial charge on any atom is -0.0767 e. The van der Waals surface area contributed by atoms with Gasteiger partial charge in [-0.1, -0.05) is 131 Å². The van der Waals surface area contributed by atoms with Crippen molar-refractivity contribution in [3.05, 3.63) is 81.4 Å². The highest BCUT2D eigenvalue weighted by Gasteiger charge is 2.36. The zero-order valence-corrected chi connectivity index (χ0v) is 25.2. The number of hydrogen-bond acceptors (Lipinski definition) is 0. The first kappa shape index (κ1) is 27.0. The molecule has 0 heterocycles. The summed E-state index contributed by atoms with van der Waals surface area (Å²) in [6.45, 7) is 28.5. The molecule has 0 atom stereocenters. The van der Waals surface area contributed by atoms with Crippen LogP contribution in [0.2, 0.25) is 0 Å². The molecule has 0 aliphatic heterocycles. The lowest BCUT2D eigenvalue weighted by molar-refractivity contribution is 0.351. The van der Waals surface area contributed by atoms with Crippen molar-refractivity contribution < 1.29 is 0 Å². The second kappa shape index (κ2) is 8.75. The summed E-state index contributed by atoms with van der Waals surface area (Å²) < 4.78 is 0. The van der Waals surface area contributed by atoms with Crippen molar-refractivity contribution in [3.63, 3.8) is 0 Å². The van der Waals surface area contributed by atoms with Gasteiger partial charge in [0.15, 0.2) is 0 Å². The first-order chi connectivity index (χ1) is 16.4. The number of hydrogen-bond donors (Lipinski definition) is 0. The molecule has 0 unspecified atom stereocenters. The zero-order chi connectivity index (χ0) is 26.8. The smallest absolute Gasteiger partial charge is 0.0115 e. The molecular formula is C36H50. The molecule has 0 fully saturated rings. The molecule has 2 aliphatic rings. The van der Waals surface area contributed by atoms with E-state index >= 15 is 0 Å². The molecule has 0 saturated heterocycles. The fourth-order valence-electron chi connectivity index (χ4n) is 6.48. The maximum Gasteiger partial charge on any atom is 0.0115 e. The summed E-state index contributed by atoms with van der Waals surface area (Å²) in [7, 11) is 0. The third-order valence-corrected chi connectivity index (χ3v) is 8.80. The number of rotatable bonds is 5. The summed E-state index contributed by atoms with van der Waals surface area (Å²) in [4.78, 5) is 0. The van der Waals surface area contributed by atoms with E-state index in [4.69, 9.17) is 0 Å². The van der Waals surface area contributed by atoms with Crippen molar-refractivity contribution in [2.24, 2.45) is 11.3 Å². The van der Waals surface area contributed by atoms with Crippen molar-refractivity contribution >= 4 is 0 Å². The highest BCUT2D eigenvalue weighted by atomic mass is 14.4. The van der Waals surface area contributed by atoms with Crippen LogP contribution in [0.3, 0.4) is 0 Å². The Kier molecular flexibility index (Phi) is 6.55. The van der Waals surface area contributed by atoms with Crippen LogP contribution in [0.25, 0.3) is 11.1 Å².